The highest BCUT2D eigenvalue weighted by Gasteiger charge is 2.33. The van der Waals surface area contributed by atoms with Gasteiger partial charge >= 0.3 is 12.2 Å². The summed E-state index contributed by atoms with van der Waals surface area (Å²) in [6, 6.07) is 4.57. The fraction of sp³-hybridized carbons (Fsp3) is 0.500. The van der Waals surface area contributed by atoms with Gasteiger partial charge in [0.05, 0.1) is 11.3 Å². The summed E-state index contributed by atoms with van der Waals surface area (Å²) in [5.41, 5.74) is -1.11. The molecule has 0 heterocycles. The summed E-state index contributed by atoms with van der Waals surface area (Å²) in [5.74, 6) is 0. The predicted molar refractivity (Wildman–Crippen MR) is 76.2 cm³/mol. The Bertz CT molecular complexity index is 475. The first kappa shape index (κ1) is 17.3. The summed E-state index contributed by atoms with van der Waals surface area (Å²) in [6.07, 6.45) is -4.50. The number of likely N-dealkylation sites (N-methyl/N-ethyl adjacent to an activating group) is 1. The molecule has 2 N–H and O–H groups in total. The third-order valence-corrected chi connectivity index (χ3v) is 3.11. The van der Waals surface area contributed by atoms with E-state index in [0.29, 0.717) is 19.1 Å². The maximum absolute atomic E-state index is 12.8. The molecule has 0 aliphatic carbocycles. The average Bonchev–Trinajstić information content (AvgIpc) is 2.37. The number of hydrogen-bond donors (Lipinski definition) is 2. The Morgan fingerprint density at radius 1 is 1.29 bits per heavy atom. The van der Waals surface area contributed by atoms with Crippen LogP contribution in [0, 0.1) is 0 Å². The molecule has 0 saturated heterocycles. The number of carbonyl (C=O) groups excluding carboxylic acids is 1. The Morgan fingerprint density at radius 3 is 2.48 bits per heavy atom. The third-order valence-electron chi connectivity index (χ3n) is 3.11. The van der Waals surface area contributed by atoms with Crippen LogP contribution in [0.5, 0.6) is 0 Å². The lowest BCUT2D eigenvalue weighted by Crippen LogP contribution is -2.38. The van der Waals surface area contributed by atoms with Gasteiger partial charge in [-0.1, -0.05) is 12.1 Å². The van der Waals surface area contributed by atoms with E-state index in [-0.39, 0.29) is 5.69 Å². The molecule has 118 valence electrons. The normalized spacial score (nSPS) is 11.8. The van der Waals surface area contributed by atoms with E-state index in [2.05, 4.69) is 10.6 Å². The van der Waals surface area contributed by atoms with E-state index in [4.69, 9.17) is 0 Å². The van der Waals surface area contributed by atoms with E-state index in [1.165, 1.54) is 18.2 Å². The van der Waals surface area contributed by atoms with Gasteiger partial charge in [-0.05, 0) is 33.0 Å². The fourth-order valence-electron chi connectivity index (χ4n) is 1.61. The Labute approximate surface area is 122 Å². The van der Waals surface area contributed by atoms with Crippen LogP contribution in [-0.2, 0) is 6.18 Å². The first-order valence-electron chi connectivity index (χ1n) is 6.63. The molecule has 1 aromatic carbocycles. The molecule has 0 spiro atoms. The summed E-state index contributed by atoms with van der Waals surface area (Å²) in [7, 11) is 1.91. The zero-order valence-corrected chi connectivity index (χ0v) is 12.3. The molecule has 2 amide bonds. The number of halogens is 3. The van der Waals surface area contributed by atoms with Gasteiger partial charge in [0, 0.05) is 19.1 Å². The minimum Gasteiger partial charge on any atom is -0.337 e. The third kappa shape index (κ3) is 5.63. The number of carbonyl (C=O) groups is 1. The van der Waals surface area contributed by atoms with Crippen molar-refractivity contribution in [1.29, 1.82) is 0 Å². The van der Waals surface area contributed by atoms with Crippen molar-refractivity contribution in [2.45, 2.75) is 26.1 Å². The van der Waals surface area contributed by atoms with Crippen LogP contribution in [0.4, 0.5) is 23.7 Å². The predicted octanol–water partition coefficient (Wildman–Crippen LogP) is 3.17. The Morgan fingerprint density at radius 2 is 1.90 bits per heavy atom. The van der Waals surface area contributed by atoms with Gasteiger partial charge in [-0.3, -0.25) is 0 Å². The molecule has 21 heavy (non-hydrogen) atoms. The van der Waals surface area contributed by atoms with Crippen LogP contribution in [0.2, 0.25) is 0 Å². The molecule has 0 bridgehead atoms. The number of nitrogens with zero attached hydrogens (tertiary/aromatic N) is 1. The number of amides is 2. The number of rotatable bonds is 5. The Kier molecular flexibility index (Phi) is 6.02. The first-order valence-corrected chi connectivity index (χ1v) is 6.63. The first-order chi connectivity index (χ1) is 9.71. The number of para-hydroxylation sites is 1. The van der Waals surface area contributed by atoms with E-state index in [0.717, 1.165) is 6.07 Å². The molecule has 7 heteroatoms. The lowest BCUT2D eigenvalue weighted by Gasteiger charge is -2.21. The molecule has 0 aliphatic rings. The molecule has 0 atom stereocenters. The highest BCUT2D eigenvalue weighted by Crippen LogP contribution is 2.34. The van der Waals surface area contributed by atoms with Crippen molar-refractivity contribution in [2.24, 2.45) is 0 Å². The van der Waals surface area contributed by atoms with Gasteiger partial charge in [-0.2, -0.15) is 13.2 Å². The van der Waals surface area contributed by atoms with E-state index >= 15 is 0 Å². The Balaban J connectivity index is 2.56. The number of alkyl halides is 3. The number of nitrogens with one attached hydrogen (secondary N) is 2. The molecule has 1 rings (SSSR count). The van der Waals surface area contributed by atoms with Gasteiger partial charge in [0.2, 0.25) is 0 Å². The van der Waals surface area contributed by atoms with Crippen LogP contribution in [0.15, 0.2) is 24.3 Å². The molecule has 0 fully saturated rings. The SMILES string of the molecule is CC(C)N(C)CCNC(=O)Nc1ccccc1C(F)(F)F. The largest absolute Gasteiger partial charge is 0.418 e. The van der Waals surface area contributed by atoms with E-state index in [9.17, 15) is 18.0 Å². The number of urea groups is 1. The molecule has 0 aromatic heterocycles. The second kappa shape index (κ2) is 7.31. The monoisotopic (exact) mass is 303 g/mol. The molecule has 0 radical (unpaired) electrons. The van der Waals surface area contributed by atoms with Crippen molar-refractivity contribution in [1.82, 2.24) is 10.2 Å². The van der Waals surface area contributed by atoms with Crippen LogP contribution < -0.4 is 10.6 Å². The van der Waals surface area contributed by atoms with Crippen molar-refractivity contribution < 1.29 is 18.0 Å². The minimum atomic E-state index is -4.50. The van der Waals surface area contributed by atoms with Gasteiger partial charge in [0.25, 0.3) is 0 Å². The topological polar surface area (TPSA) is 44.4 Å². The molecule has 0 aliphatic heterocycles. The minimum absolute atomic E-state index is 0.250. The van der Waals surface area contributed by atoms with E-state index < -0.39 is 17.8 Å². The second-order valence-electron chi connectivity index (χ2n) is 5.00. The van der Waals surface area contributed by atoms with Gasteiger partial charge in [-0.15, -0.1) is 0 Å². The van der Waals surface area contributed by atoms with Crippen LogP contribution in [0.25, 0.3) is 0 Å². The van der Waals surface area contributed by atoms with Crippen LogP contribution >= 0.6 is 0 Å². The zero-order valence-electron chi connectivity index (χ0n) is 12.3. The average molecular weight is 303 g/mol. The van der Waals surface area contributed by atoms with Crippen LogP contribution in [0.3, 0.4) is 0 Å². The zero-order chi connectivity index (χ0) is 16.0. The quantitative estimate of drug-likeness (QED) is 0.877. The highest BCUT2D eigenvalue weighted by atomic mass is 19.4. The van der Waals surface area contributed by atoms with Gasteiger partial charge in [0.1, 0.15) is 0 Å². The lowest BCUT2D eigenvalue weighted by atomic mass is 10.1. The van der Waals surface area contributed by atoms with Crippen LogP contribution in [-0.4, -0.2) is 37.1 Å². The standard InChI is InChI=1S/C14H20F3N3O/c1-10(2)20(3)9-8-18-13(21)19-12-7-5-4-6-11(12)14(15,16)17/h4-7,10H,8-9H2,1-3H3,(H2,18,19,21). The molecular weight excluding hydrogens is 283 g/mol. The fourth-order valence-corrected chi connectivity index (χ4v) is 1.61. The van der Waals surface area contributed by atoms with Gasteiger partial charge < -0.3 is 15.5 Å². The maximum Gasteiger partial charge on any atom is 0.418 e. The lowest BCUT2D eigenvalue weighted by molar-refractivity contribution is -0.136. The summed E-state index contributed by atoms with van der Waals surface area (Å²) < 4.78 is 38.3. The smallest absolute Gasteiger partial charge is 0.337 e. The number of benzene rings is 1. The van der Waals surface area contributed by atoms with Crippen molar-refractivity contribution in [3.63, 3.8) is 0 Å². The Hall–Kier alpha value is -1.76. The maximum atomic E-state index is 12.8. The number of anilines is 1. The van der Waals surface area contributed by atoms with Crippen molar-refractivity contribution in [3.8, 4) is 0 Å². The van der Waals surface area contributed by atoms with Crippen molar-refractivity contribution in [3.05, 3.63) is 29.8 Å². The summed E-state index contributed by atoms with van der Waals surface area (Å²) in [5, 5.41) is 4.77. The summed E-state index contributed by atoms with van der Waals surface area (Å²) >= 11 is 0. The van der Waals surface area contributed by atoms with Gasteiger partial charge in [-0.25, -0.2) is 4.79 Å². The molecule has 4 nitrogen and oxygen atoms in total. The molecular formula is C14H20F3N3O. The molecule has 0 unspecified atom stereocenters. The van der Waals surface area contributed by atoms with Crippen molar-refractivity contribution in [2.75, 3.05) is 25.5 Å². The van der Waals surface area contributed by atoms with Gasteiger partial charge in [0.15, 0.2) is 0 Å². The van der Waals surface area contributed by atoms with E-state index in [1.54, 1.807) is 0 Å². The number of hydrogen-bond acceptors (Lipinski definition) is 2. The van der Waals surface area contributed by atoms with Crippen molar-refractivity contribution >= 4 is 11.7 Å². The second-order valence-corrected chi connectivity index (χ2v) is 5.00. The van der Waals surface area contributed by atoms with E-state index in [1.807, 2.05) is 25.8 Å². The summed E-state index contributed by atoms with van der Waals surface area (Å²) in [4.78, 5) is 13.7. The molecule has 0 saturated carbocycles. The van der Waals surface area contributed by atoms with Crippen LogP contribution in [0.1, 0.15) is 19.4 Å². The highest BCUT2D eigenvalue weighted by molar-refractivity contribution is 5.90. The molecule has 1 aromatic rings. The summed E-state index contributed by atoms with van der Waals surface area (Å²) in [6.45, 7) is 5.00.